The summed E-state index contributed by atoms with van der Waals surface area (Å²) in [5.41, 5.74) is 3.48. The van der Waals surface area contributed by atoms with Crippen molar-refractivity contribution < 1.29 is 9.13 Å². The topological polar surface area (TPSA) is 21.3 Å². The maximum atomic E-state index is 13.4. The summed E-state index contributed by atoms with van der Waals surface area (Å²) in [6.07, 6.45) is 0. The summed E-state index contributed by atoms with van der Waals surface area (Å²) in [5, 5.41) is 4.89. The van der Waals surface area contributed by atoms with Gasteiger partial charge in [0.1, 0.15) is 18.2 Å². The number of rotatable bonds is 6. The molecule has 0 aromatic heterocycles. The molecule has 0 radical (unpaired) electrons. The maximum Gasteiger partial charge on any atom is 0.143 e. The van der Waals surface area contributed by atoms with E-state index in [-0.39, 0.29) is 12.4 Å². The lowest BCUT2D eigenvalue weighted by Gasteiger charge is -2.16. The summed E-state index contributed by atoms with van der Waals surface area (Å²) in [7, 11) is 0. The summed E-state index contributed by atoms with van der Waals surface area (Å²) < 4.78 is 19.2. The standard InChI is InChI=1S/C21H17Cl3FNO/c1-13-5-6-16(22)10-20(13)26-11-15-8-17(23)9-19(24)21(15)27-12-14-3-2-4-18(25)7-14/h2-10,26H,11-12H2,1H3. The first-order chi connectivity index (χ1) is 12.9. The van der Waals surface area contributed by atoms with Crippen molar-refractivity contribution in [3.63, 3.8) is 0 Å². The van der Waals surface area contributed by atoms with Gasteiger partial charge in [0.15, 0.2) is 0 Å². The first kappa shape index (κ1) is 19.8. The molecule has 0 atom stereocenters. The molecule has 1 N–H and O–H groups in total. The number of anilines is 1. The Hall–Kier alpha value is -1.94. The lowest BCUT2D eigenvalue weighted by molar-refractivity contribution is 0.303. The van der Waals surface area contributed by atoms with Crippen molar-refractivity contribution in [3.05, 3.63) is 92.2 Å². The molecule has 0 aliphatic heterocycles. The molecule has 6 heteroatoms. The van der Waals surface area contributed by atoms with Crippen LogP contribution in [0.1, 0.15) is 16.7 Å². The minimum atomic E-state index is -0.309. The number of hydrogen-bond donors (Lipinski definition) is 1. The molecule has 0 aliphatic carbocycles. The van der Waals surface area contributed by atoms with Crippen LogP contribution in [0.5, 0.6) is 5.75 Å². The van der Waals surface area contributed by atoms with Crippen molar-refractivity contribution in [2.45, 2.75) is 20.1 Å². The molecule has 0 amide bonds. The number of ether oxygens (including phenoxy) is 1. The summed E-state index contributed by atoms with van der Waals surface area (Å²) >= 11 is 18.6. The van der Waals surface area contributed by atoms with E-state index >= 15 is 0 Å². The largest absolute Gasteiger partial charge is 0.487 e. The SMILES string of the molecule is Cc1ccc(Cl)cc1NCc1cc(Cl)cc(Cl)c1OCc1cccc(F)c1. The van der Waals surface area contributed by atoms with Gasteiger partial charge in [0.25, 0.3) is 0 Å². The smallest absolute Gasteiger partial charge is 0.143 e. The van der Waals surface area contributed by atoms with Crippen LogP contribution >= 0.6 is 34.8 Å². The third kappa shape index (κ3) is 5.29. The second-order valence-corrected chi connectivity index (χ2v) is 7.39. The molecule has 0 aliphatic rings. The Balaban J connectivity index is 1.80. The molecule has 3 aromatic carbocycles. The van der Waals surface area contributed by atoms with Gasteiger partial charge in [0.05, 0.1) is 5.02 Å². The van der Waals surface area contributed by atoms with Crippen LogP contribution in [0.15, 0.2) is 54.6 Å². The van der Waals surface area contributed by atoms with Crippen LogP contribution in [0, 0.1) is 12.7 Å². The quantitative estimate of drug-likeness (QED) is 0.449. The van der Waals surface area contributed by atoms with E-state index in [2.05, 4.69) is 5.32 Å². The van der Waals surface area contributed by atoms with Crippen LogP contribution < -0.4 is 10.1 Å². The number of nitrogens with one attached hydrogen (secondary N) is 1. The Bertz CT molecular complexity index is 962. The fourth-order valence-corrected chi connectivity index (χ4v) is 3.43. The third-order valence-corrected chi connectivity index (χ3v) is 4.76. The van der Waals surface area contributed by atoms with E-state index in [1.54, 1.807) is 24.3 Å². The zero-order valence-electron chi connectivity index (χ0n) is 14.5. The highest BCUT2D eigenvalue weighted by molar-refractivity contribution is 6.35. The van der Waals surface area contributed by atoms with E-state index in [4.69, 9.17) is 39.5 Å². The Kier molecular flexibility index (Phi) is 6.48. The second kappa shape index (κ2) is 8.83. The number of hydrogen-bond acceptors (Lipinski definition) is 2. The summed E-state index contributed by atoms with van der Waals surface area (Å²) in [5.74, 6) is 0.203. The van der Waals surface area contributed by atoms with Crippen molar-refractivity contribution in [1.29, 1.82) is 0 Å². The Morgan fingerprint density at radius 2 is 1.78 bits per heavy atom. The van der Waals surface area contributed by atoms with Crippen molar-refractivity contribution in [3.8, 4) is 5.75 Å². The van der Waals surface area contributed by atoms with Crippen LogP contribution in [0.3, 0.4) is 0 Å². The molecule has 0 heterocycles. The zero-order chi connectivity index (χ0) is 19.4. The average Bonchev–Trinajstić information content (AvgIpc) is 2.61. The predicted octanol–water partition coefficient (Wildman–Crippen LogP) is 7.29. The molecule has 0 saturated heterocycles. The van der Waals surface area contributed by atoms with Crippen LogP contribution in [0.2, 0.25) is 15.1 Å². The molecule has 0 fully saturated rings. The minimum Gasteiger partial charge on any atom is -0.487 e. The molecule has 3 rings (SSSR count). The predicted molar refractivity (Wildman–Crippen MR) is 111 cm³/mol. The molecule has 3 aromatic rings. The minimum absolute atomic E-state index is 0.197. The zero-order valence-corrected chi connectivity index (χ0v) is 16.8. The first-order valence-corrected chi connectivity index (χ1v) is 9.41. The lowest BCUT2D eigenvalue weighted by atomic mass is 10.1. The van der Waals surface area contributed by atoms with Gasteiger partial charge in [-0.2, -0.15) is 0 Å². The molecule has 2 nitrogen and oxygen atoms in total. The van der Waals surface area contributed by atoms with Gasteiger partial charge in [-0.1, -0.05) is 53.0 Å². The van der Waals surface area contributed by atoms with Crippen LogP contribution in [0.25, 0.3) is 0 Å². The summed E-state index contributed by atoms with van der Waals surface area (Å²) in [6, 6.07) is 15.3. The van der Waals surface area contributed by atoms with Crippen molar-refractivity contribution in [2.75, 3.05) is 5.32 Å². The third-order valence-electron chi connectivity index (χ3n) is 4.03. The average molecular weight is 425 g/mol. The maximum absolute atomic E-state index is 13.4. The Morgan fingerprint density at radius 3 is 2.56 bits per heavy atom. The van der Waals surface area contributed by atoms with Crippen molar-refractivity contribution in [1.82, 2.24) is 0 Å². The summed E-state index contributed by atoms with van der Waals surface area (Å²) in [4.78, 5) is 0. The fraction of sp³-hybridized carbons (Fsp3) is 0.143. The van der Waals surface area contributed by atoms with Crippen LogP contribution in [-0.2, 0) is 13.2 Å². The van der Waals surface area contributed by atoms with Gasteiger partial charge in [0.2, 0.25) is 0 Å². The highest BCUT2D eigenvalue weighted by atomic mass is 35.5. The Morgan fingerprint density at radius 1 is 0.963 bits per heavy atom. The lowest BCUT2D eigenvalue weighted by Crippen LogP contribution is -2.05. The molecule has 0 spiro atoms. The van der Waals surface area contributed by atoms with E-state index < -0.39 is 0 Å². The van der Waals surface area contributed by atoms with E-state index in [9.17, 15) is 4.39 Å². The van der Waals surface area contributed by atoms with Crippen LogP contribution in [0.4, 0.5) is 10.1 Å². The van der Waals surface area contributed by atoms with E-state index in [0.29, 0.717) is 32.9 Å². The van der Waals surface area contributed by atoms with Gasteiger partial charge in [-0.25, -0.2) is 4.39 Å². The number of halogens is 4. The molecule has 0 saturated carbocycles. The molecule has 0 unspecified atom stereocenters. The van der Waals surface area contributed by atoms with Crippen LogP contribution in [-0.4, -0.2) is 0 Å². The normalized spacial score (nSPS) is 10.7. The molecular formula is C21H17Cl3FNO. The molecule has 27 heavy (non-hydrogen) atoms. The second-order valence-electron chi connectivity index (χ2n) is 6.11. The van der Waals surface area contributed by atoms with E-state index in [1.165, 1.54) is 12.1 Å². The molecular weight excluding hydrogens is 408 g/mol. The van der Waals surface area contributed by atoms with Gasteiger partial charge in [-0.05, 0) is 54.4 Å². The van der Waals surface area contributed by atoms with Gasteiger partial charge < -0.3 is 10.1 Å². The molecule has 0 bridgehead atoms. The summed E-state index contributed by atoms with van der Waals surface area (Å²) in [6.45, 7) is 2.63. The van der Waals surface area contributed by atoms with Gasteiger partial charge in [-0.3, -0.25) is 0 Å². The van der Waals surface area contributed by atoms with E-state index in [0.717, 1.165) is 16.8 Å². The number of benzene rings is 3. The van der Waals surface area contributed by atoms with Crippen molar-refractivity contribution in [2.24, 2.45) is 0 Å². The highest BCUT2D eigenvalue weighted by Gasteiger charge is 2.12. The molecule has 140 valence electrons. The van der Waals surface area contributed by atoms with Gasteiger partial charge >= 0.3 is 0 Å². The fourth-order valence-electron chi connectivity index (χ4n) is 2.66. The Labute approximate surface area is 172 Å². The van der Waals surface area contributed by atoms with Crippen molar-refractivity contribution >= 4 is 40.5 Å². The van der Waals surface area contributed by atoms with E-state index in [1.807, 2.05) is 25.1 Å². The monoisotopic (exact) mass is 423 g/mol. The van der Waals surface area contributed by atoms with Gasteiger partial charge in [0, 0.05) is 27.8 Å². The highest BCUT2D eigenvalue weighted by Crippen LogP contribution is 2.34. The first-order valence-electron chi connectivity index (χ1n) is 8.27. The number of aryl methyl sites for hydroxylation is 1. The van der Waals surface area contributed by atoms with Gasteiger partial charge in [-0.15, -0.1) is 0 Å².